The Morgan fingerprint density at radius 2 is 2.00 bits per heavy atom. The van der Waals surface area contributed by atoms with Crippen LogP contribution in [-0.2, 0) is 4.74 Å². The van der Waals surface area contributed by atoms with E-state index in [4.69, 9.17) is 4.74 Å². The van der Waals surface area contributed by atoms with Gasteiger partial charge in [0.05, 0.1) is 19.3 Å². The highest BCUT2D eigenvalue weighted by Gasteiger charge is 2.50. The van der Waals surface area contributed by atoms with E-state index < -0.39 is 0 Å². The van der Waals surface area contributed by atoms with Crippen LogP contribution in [0.2, 0.25) is 0 Å². The minimum atomic E-state index is 0.348. The molecule has 0 atom stereocenters. The first-order valence-electron chi connectivity index (χ1n) is 6.16. The number of hydrogen-bond acceptors (Lipinski definition) is 3. The van der Waals surface area contributed by atoms with E-state index in [0.717, 1.165) is 19.3 Å². The monoisotopic (exact) mass is 210 g/mol. The van der Waals surface area contributed by atoms with Gasteiger partial charge in [-0.1, -0.05) is 0 Å². The Balaban J connectivity index is 1.59. The molecule has 0 aromatic carbocycles. The van der Waals surface area contributed by atoms with E-state index in [1.807, 2.05) is 0 Å². The standard InChI is InChI=1S/C12H22N2O/c1-11(2)7-12(3-4-13-11)8-14(9-12)10-5-15-6-10/h10,13H,3-9H2,1-2H3. The van der Waals surface area contributed by atoms with Gasteiger partial charge in [-0.25, -0.2) is 0 Å². The molecular weight excluding hydrogens is 188 g/mol. The van der Waals surface area contributed by atoms with Gasteiger partial charge in [-0.2, -0.15) is 0 Å². The minimum Gasteiger partial charge on any atom is -0.378 e. The molecule has 0 bridgehead atoms. The first-order valence-corrected chi connectivity index (χ1v) is 6.16. The number of hydrogen-bond donors (Lipinski definition) is 1. The van der Waals surface area contributed by atoms with Gasteiger partial charge < -0.3 is 10.1 Å². The fourth-order valence-corrected chi connectivity index (χ4v) is 3.53. The number of rotatable bonds is 1. The van der Waals surface area contributed by atoms with Crippen LogP contribution in [0.15, 0.2) is 0 Å². The van der Waals surface area contributed by atoms with Crippen LogP contribution in [0, 0.1) is 5.41 Å². The molecule has 0 radical (unpaired) electrons. The van der Waals surface area contributed by atoms with Crippen LogP contribution in [0.1, 0.15) is 26.7 Å². The van der Waals surface area contributed by atoms with Gasteiger partial charge in [0.1, 0.15) is 0 Å². The average Bonchev–Trinajstić information content (AvgIpc) is 1.95. The predicted octanol–water partition coefficient (Wildman–Crippen LogP) is 0.849. The van der Waals surface area contributed by atoms with E-state index in [1.54, 1.807) is 0 Å². The molecule has 3 rings (SSSR count). The molecule has 0 aromatic heterocycles. The average molecular weight is 210 g/mol. The van der Waals surface area contributed by atoms with E-state index in [0.29, 0.717) is 11.0 Å². The van der Waals surface area contributed by atoms with Crippen LogP contribution < -0.4 is 5.32 Å². The third-order valence-corrected chi connectivity index (χ3v) is 4.29. The molecule has 15 heavy (non-hydrogen) atoms. The summed E-state index contributed by atoms with van der Waals surface area (Å²) in [5.41, 5.74) is 0.977. The zero-order valence-electron chi connectivity index (χ0n) is 9.88. The van der Waals surface area contributed by atoms with Crippen LogP contribution >= 0.6 is 0 Å². The molecule has 0 saturated carbocycles. The molecule has 3 aliphatic rings. The highest BCUT2D eigenvalue weighted by molar-refractivity contribution is 5.05. The fourth-order valence-electron chi connectivity index (χ4n) is 3.53. The second-order valence-corrected chi connectivity index (χ2v) is 6.33. The quantitative estimate of drug-likeness (QED) is 0.694. The highest BCUT2D eigenvalue weighted by atomic mass is 16.5. The first kappa shape index (κ1) is 10.1. The van der Waals surface area contributed by atoms with E-state index in [1.165, 1.54) is 32.5 Å². The normalized spacial score (nSPS) is 34.8. The van der Waals surface area contributed by atoms with Crippen molar-refractivity contribution in [2.24, 2.45) is 5.41 Å². The maximum absolute atomic E-state index is 5.25. The highest BCUT2D eigenvalue weighted by Crippen LogP contribution is 2.44. The number of ether oxygens (including phenoxy) is 1. The van der Waals surface area contributed by atoms with E-state index in [-0.39, 0.29) is 0 Å². The molecule has 0 aromatic rings. The third-order valence-electron chi connectivity index (χ3n) is 4.29. The lowest BCUT2D eigenvalue weighted by Crippen LogP contribution is -2.68. The summed E-state index contributed by atoms with van der Waals surface area (Å²) in [4.78, 5) is 2.62. The van der Waals surface area contributed by atoms with Crippen LogP contribution in [0.5, 0.6) is 0 Å². The van der Waals surface area contributed by atoms with Crippen molar-refractivity contribution in [3.8, 4) is 0 Å². The van der Waals surface area contributed by atoms with Crippen LogP contribution in [0.3, 0.4) is 0 Å². The summed E-state index contributed by atoms with van der Waals surface area (Å²) >= 11 is 0. The molecule has 3 aliphatic heterocycles. The molecule has 3 heterocycles. The predicted molar refractivity (Wildman–Crippen MR) is 59.9 cm³/mol. The van der Waals surface area contributed by atoms with Gasteiger partial charge in [0.25, 0.3) is 0 Å². The lowest BCUT2D eigenvalue weighted by atomic mass is 9.66. The largest absolute Gasteiger partial charge is 0.378 e. The second kappa shape index (κ2) is 3.19. The Kier molecular flexibility index (Phi) is 2.14. The molecule has 0 amide bonds. The van der Waals surface area contributed by atoms with Crippen molar-refractivity contribution in [3.05, 3.63) is 0 Å². The molecule has 0 unspecified atom stereocenters. The summed E-state index contributed by atoms with van der Waals surface area (Å²) in [5, 5.41) is 3.61. The maximum atomic E-state index is 5.25. The zero-order chi connectivity index (χ0) is 10.5. The number of nitrogens with zero attached hydrogens (tertiary/aromatic N) is 1. The van der Waals surface area contributed by atoms with Crippen LogP contribution in [0.25, 0.3) is 0 Å². The third kappa shape index (κ3) is 1.71. The van der Waals surface area contributed by atoms with Crippen molar-refractivity contribution in [1.82, 2.24) is 10.2 Å². The molecule has 3 nitrogen and oxygen atoms in total. The van der Waals surface area contributed by atoms with Gasteiger partial charge in [0.2, 0.25) is 0 Å². The lowest BCUT2D eigenvalue weighted by molar-refractivity contribution is -0.145. The summed E-state index contributed by atoms with van der Waals surface area (Å²) in [6.07, 6.45) is 2.70. The maximum Gasteiger partial charge on any atom is 0.0645 e. The molecule has 0 aliphatic carbocycles. The molecule has 3 heteroatoms. The van der Waals surface area contributed by atoms with Crippen LogP contribution in [-0.4, -0.2) is 49.3 Å². The van der Waals surface area contributed by atoms with Crippen molar-refractivity contribution in [2.75, 3.05) is 32.8 Å². The Labute approximate surface area is 92.2 Å². The molecule has 3 saturated heterocycles. The Bertz CT molecular complexity index is 254. The second-order valence-electron chi connectivity index (χ2n) is 6.33. The van der Waals surface area contributed by atoms with Crippen molar-refractivity contribution >= 4 is 0 Å². The summed E-state index contributed by atoms with van der Waals surface area (Å²) in [7, 11) is 0. The van der Waals surface area contributed by atoms with Crippen molar-refractivity contribution in [1.29, 1.82) is 0 Å². The first-order chi connectivity index (χ1) is 7.09. The molecule has 3 fully saturated rings. The Morgan fingerprint density at radius 3 is 2.53 bits per heavy atom. The number of piperidine rings is 1. The SMILES string of the molecule is CC1(C)CC2(CCN1)CN(C1COC1)C2. The van der Waals surface area contributed by atoms with Gasteiger partial charge in [-0.15, -0.1) is 0 Å². The van der Waals surface area contributed by atoms with E-state index >= 15 is 0 Å². The molecule has 1 N–H and O–H groups in total. The minimum absolute atomic E-state index is 0.348. The van der Waals surface area contributed by atoms with E-state index in [2.05, 4.69) is 24.1 Å². The van der Waals surface area contributed by atoms with Crippen molar-refractivity contribution < 1.29 is 4.74 Å². The van der Waals surface area contributed by atoms with Gasteiger partial charge in [-0.3, -0.25) is 4.90 Å². The van der Waals surface area contributed by atoms with Gasteiger partial charge in [-0.05, 0) is 38.6 Å². The Hall–Kier alpha value is -0.120. The summed E-state index contributed by atoms with van der Waals surface area (Å²) in [5.74, 6) is 0. The smallest absolute Gasteiger partial charge is 0.0645 e. The topological polar surface area (TPSA) is 24.5 Å². The van der Waals surface area contributed by atoms with Gasteiger partial charge >= 0.3 is 0 Å². The van der Waals surface area contributed by atoms with Gasteiger partial charge in [0.15, 0.2) is 0 Å². The van der Waals surface area contributed by atoms with Crippen molar-refractivity contribution in [3.63, 3.8) is 0 Å². The van der Waals surface area contributed by atoms with Crippen LogP contribution in [0.4, 0.5) is 0 Å². The van der Waals surface area contributed by atoms with Crippen molar-refractivity contribution in [2.45, 2.75) is 38.3 Å². The lowest BCUT2D eigenvalue weighted by Gasteiger charge is -2.59. The number of likely N-dealkylation sites (tertiary alicyclic amines) is 1. The molecule has 86 valence electrons. The summed E-state index contributed by atoms with van der Waals surface area (Å²) in [6.45, 7) is 10.4. The molecule has 1 spiro atoms. The summed E-state index contributed by atoms with van der Waals surface area (Å²) in [6, 6.07) is 0.744. The Morgan fingerprint density at radius 1 is 1.27 bits per heavy atom. The molecular formula is C12H22N2O. The summed E-state index contributed by atoms with van der Waals surface area (Å²) < 4.78 is 5.25. The number of nitrogens with one attached hydrogen (secondary N) is 1. The fraction of sp³-hybridized carbons (Fsp3) is 1.00. The van der Waals surface area contributed by atoms with Gasteiger partial charge in [0, 0.05) is 18.6 Å². The van der Waals surface area contributed by atoms with E-state index in [9.17, 15) is 0 Å². The zero-order valence-corrected chi connectivity index (χ0v) is 9.88.